The van der Waals surface area contributed by atoms with E-state index in [1.54, 1.807) is 19.9 Å². The summed E-state index contributed by atoms with van der Waals surface area (Å²) in [5.74, 6) is -1.63. The SMILES string of the molecule is CCOC(=O)CCc1c(C)c2cc(Cl)c(OCc3ccc(F)cc3F)cc2oc1=O. The molecule has 158 valence electrons. The fourth-order valence-corrected chi connectivity index (χ4v) is 3.26. The maximum Gasteiger partial charge on any atom is 0.339 e. The quantitative estimate of drug-likeness (QED) is 0.380. The topological polar surface area (TPSA) is 65.7 Å². The van der Waals surface area contributed by atoms with E-state index in [9.17, 15) is 18.4 Å². The minimum absolute atomic E-state index is 0.0586. The van der Waals surface area contributed by atoms with Crippen molar-refractivity contribution in [2.24, 2.45) is 0 Å². The van der Waals surface area contributed by atoms with Gasteiger partial charge in [0, 0.05) is 35.1 Å². The number of carbonyl (C=O) groups is 1. The Bertz CT molecular complexity index is 1160. The highest BCUT2D eigenvalue weighted by atomic mass is 35.5. The van der Waals surface area contributed by atoms with E-state index in [2.05, 4.69) is 0 Å². The van der Waals surface area contributed by atoms with Crippen molar-refractivity contribution in [3.8, 4) is 5.75 Å². The molecule has 1 heterocycles. The highest BCUT2D eigenvalue weighted by molar-refractivity contribution is 6.32. The van der Waals surface area contributed by atoms with E-state index in [4.69, 9.17) is 25.5 Å². The van der Waals surface area contributed by atoms with Crippen LogP contribution in [0, 0.1) is 18.6 Å². The number of hydrogen-bond donors (Lipinski definition) is 0. The van der Waals surface area contributed by atoms with Crippen LogP contribution in [-0.4, -0.2) is 12.6 Å². The monoisotopic (exact) mass is 436 g/mol. The minimum Gasteiger partial charge on any atom is -0.487 e. The molecule has 0 aliphatic carbocycles. The second-order valence-corrected chi connectivity index (χ2v) is 7.01. The maximum atomic E-state index is 13.8. The Morgan fingerprint density at radius 3 is 2.67 bits per heavy atom. The Labute approximate surface area is 176 Å². The van der Waals surface area contributed by atoms with Crippen molar-refractivity contribution < 1.29 is 27.5 Å². The van der Waals surface area contributed by atoms with Crippen LogP contribution >= 0.6 is 11.6 Å². The minimum atomic E-state index is -0.736. The smallest absolute Gasteiger partial charge is 0.339 e. The van der Waals surface area contributed by atoms with E-state index < -0.39 is 23.2 Å². The van der Waals surface area contributed by atoms with Crippen LogP contribution in [0.25, 0.3) is 11.0 Å². The molecule has 0 atom stereocenters. The van der Waals surface area contributed by atoms with Crippen LogP contribution in [0.4, 0.5) is 8.78 Å². The number of carbonyl (C=O) groups excluding carboxylic acids is 1. The number of fused-ring (bicyclic) bond motifs is 1. The van der Waals surface area contributed by atoms with Crippen molar-refractivity contribution in [1.29, 1.82) is 0 Å². The van der Waals surface area contributed by atoms with E-state index in [0.717, 1.165) is 12.1 Å². The third-order valence-corrected chi connectivity index (χ3v) is 4.92. The molecule has 0 N–H and O–H groups in total. The summed E-state index contributed by atoms with van der Waals surface area (Å²) in [7, 11) is 0. The van der Waals surface area contributed by atoms with Crippen molar-refractivity contribution in [2.45, 2.75) is 33.3 Å². The fraction of sp³-hybridized carbons (Fsp3) is 0.273. The van der Waals surface area contributed by atoms with Gasteiger partial charge in [0.2, 0.25) is 0 Å². The number of benzene rings is 2. The molecule has 2 aromatic carbocycles. The Balaban J connectivity index is 1.87. The van der Waals surface area contributed by atoms with Gasteiger partial charge in [-0.1, -0.05) is 11.6 Å². The van der Waals surface area contributed by atoms with Crippen molar-refractivity contribution in [3.05, 3.63) is 74.1 Å². The summed E-state index contributed by atoms with van der Waals surface area (Å²) in [6.07, 6.45) is 0.242. The van der Waals surface area contributed by atoms with E-state index in [-0.39, 0.29) is 48.0 Å². The zero-order valence-corrected chi connectivity index (χ0v) is 17.1. The highest BCUT2D eigenvalue weighted by Gasteiger charge is 2.16. The molecular formula is C22H19ClF2O5. The van der Waals surface area contributed by atoms with Crippen molar-refractivity contribution >= 4 is 28.5 Å². The summed E-state index contributed by atoms with van der Waals surface area (Å²) >= 11 is 6.29. The molecule has 0 spiro atoms. The predicted octanol–water partition coefficient (Wildman–Crippen LogP) is 5.11. The number of aryl methyl sites for hydroxylation is 1. The van der Waals surface area contributed by atoms with Crippen molar-refractivity contribution in [2.75, 3.05) is 6.61 Å². The molecule has 0 radical (unpaired) electrons. The number of ether oxygens (including phenoxy) is 2. The van der Waals surface area contributed by atoms with E-state index in [1.165, 1.54) is 12.1 Å². The number of hydrogen-bond acceptors (Lipinski definition) is 5. The zero-order valence-electron chi connectivity index (χ0n) is 16.4. The van der Waals surface area contributed by atoms with Crippen LogP contribution in [0.3, 0.4) is 0 Å². The molecule has 0 aliphatic rings. The molecule has 0 bridgehead atoms. The lowest BCUT2D eigenvalue weighted by Crippen LogP contribution is -2.13. The maximum absolute atomic E-state index is 13.8. The molecule has 0 saturated carbocycles. The van der Waals surface area contributed by atoms with Gasteiger partial charge < -0.3 is 13.9 Å². The van der Waals surface area contributed by atoms with Crippen LogP contribution in [0.15, 0.2) is 39.5 Å². The van der Waals surface area contributed by atoms with Gasteiger partial charge in [-0.3, -0.25) is 4.79 Å². The Hall–Kier alpha value is -2.93. The van der Waals surface area contributed by atoms with Crippen molar-refractivity contribution in [3.63, 3.8) is 0 Å². The first-order valence-corrected chi connectivity index (χ1v) is 9.66. The van der Waals surface area contributed by atoms with Gasteiger partial charge in [0.15, 0.2) is 0 Å². The van der Waals surface area contributed by atoms with Gasteiger partial charge in [-0.15, -0.1) is 0 Å². The van der Waals surface area contributed by atoms with E-state index >= 15 is 0 Å². The molecule has 30 heavy (non-hydrogen) atoms. The summed E-state index contributed by atoms with van der Waals surface area (Å²) in [5, 5.41) is 0.831. The summed E-state index contributed by atoms with van der Waals surface area (Å²) < 4.78 is 42.6. The normalized spacial score (nSPS) is 11.0. The molecule has 5 nitrogen and oxygen atoms in total. The summed E-state index contributed by atoms with van der Waals surface area (Å²) in [6.45, 7) is 3.53. The van der Waals surface area contributed by atoms with Crippen LogP contribution in [0.5, 0.6) is 5.75 Å². The zero-order chi connectivity index (χ0) is 21.8. The molecule has 0 aliphatic heterocycles. The van der Waals surface area contributed by atoms with Crippen LogP contribution in [-0.2, 0) is 22.6 Å². The molecular weight excluding hydrogens is 418 g/mol. The number of esters is 1. The molecule has 0 amide bonds. The number of halogens is 3. The largest absolute Gasteiger partial charge is 0.487 e. The Morgan fingerprint density at radius 2 is 1.97 bits per heavy atom. The third kappa shape index (κ3) is 4.79. The molecule has 1 aromatic heterocycles. The molecule has 0 unspecified atom stereocenters. The standard InChI is InChI=1S/C22H19ClF2O5/c1-3-28-21(26)7-6-15-12(2)16-9-17(23)20(10-19(16)30-22(15)27)29-11-13-4-5-14(24)8-18(13)25/h4-5,8-10H,3,6-7,11H2,1-2H3. The summed E-state index contributed by atoms with van der Waals surface area (Å²) in [6, 6.07) is 6.20. The lowest BCUT2D eigenvalue weighted by molar-refractivity contribution is -0.143. The van der Waals surface area contributed by atoms with Crippen LogP contribution in [0.2, 0.25) is 5.02 Å². The van der Waals surface area contributed by atoms with E-state index in [1.807, 2.05) is 0 Å². The Kier molecular flexibility index (Phi) is 6.72. The highest BCUT2D eigenvalue weighted by Crippen LogP contribution is 2.32. The predicted molar refractivity (Wildman–Crippen MR) is 108 cm³/mol. The lowest BCUT2D eigenvalue weighted by atomic mass is 10.0. The molecule has 0 saturated heterocycles. The van der Waals surface area contributed by atoms with Gasteiger partial charge in [0.05, 0.1) is 11.6 Å². The first kappa shape index (κ1) is 21.8. The molecule has 8 heteroatoms. The summed E-state index contributed by atoms with van der Waals surface area (Å²) in [4.78, 5) is 24.0. The Morgan fingerprint density at radius 1 is 1.20 bits per heavy atom. The van der Waals surface area contributed by atoms with E-state index in [0.29, 0.717) is 16.5 Å². The number of rotatable bonds is 7. The second-order valence-electron chi connectivity index (χ2n) is 6.60. The van der Waals surface area contributed by atoms with Crippen LogP contribution in [0.1, 0.15) is 30.0 Å². The first-order valence-electron chi connectivity index (χ1n) is 9.28. The fourth-order valence-electron chi connectivity index (χ4n) is 3.04. The van der Waals surface area contributed by atoms with Gasteiger partial charge in [-0.05, 0) is 44.0 Å². The lowest BCUT2D eigenvalue weighted by Gasteiger charge is -2.12. The third-order valence-electron chi connectivity index (χ3n) is 4.62. The molecule has 3 aromatic rings. The van der Waals surface area contributed by atoms with Crippen molar-refractivity contribution in [1.82, 2.24) is 0 Å². The average Bonchev–Trinajstić information content (AvgIpc) is 2.68. The van der Waals surface area contributed by atoms with Gasteiger partial charge in [-0.25, -0.2) is 13.6 Å². The van der Waals surface area contributed by atoms with Gasteiger partial charge >= 0.3 is 11.6 Å². The first-order chi connectivity index (χ1) is 14.3. The average molecular weight is 437 g/mol. The van der Waals surface area contributed by atoms with Gasteiger partial charge in [0.25, 0.3) is 0 Å². The second kappa shape index (κ2) is 9.26. The van der Waals surface area contributed by atoms with Gasteiger partial charge in [0.1, 0.15) is 29.6 Å². The molecule has 3 rings (SSSR count). The molecule has 0 fully saturated rings. The summed E-state index contributed by atoms with van der Waals surface area (Å²) in [5.41, 5.74) is 0.843. The van der Waals surface area contributed by atoms with Crippen LogP contribution < -0.4 is 10.4 Å². The van der Waals surface area contributed by atoms with Gasteiger partial charge in [-0.2, -0.15) is 0 Å².